The van der Waals surface area contributed by atoms with Crippen LogP contribution < -0.4 is 22.1 Å². The molecule has 0 radical (unpaired) electrons. The van der Waals surface area contributed by atoms with Crippen molar-refractivity contribution in [3.8, 4) is 0 Å². The van der Waals surface area contributed by atoms with Gasteiger partial charge in [0.25, 0.3) is 0 Å². The van der Waals surface area contributed by atoms with Crippen LogP contribution in [0.2, 0.25) is 0 Å². The van der Waals surface area contributed by atoms with E-state index in [0.29, 0.717) is 18.0 Å². The summed E-state index contributed by atoms with van der Waals surface area (Å²) in [4.78, 5) is 0.337. The largest absolute Gasteiger partial charge is 0.326 e. The minimum atomic E-state index is 0.337. The topological polar surface area (TPSA) is 52.0 Å². The van der Waals surface area contributed by atoms with Crippen LogP contribution in [-0.2, 0) is 13.1 Å². The Morgan fingerprint density at radius 2 is 1.17 bits per heavy atom. The molecule has 2 aromatic carbocycles. The summed E-state index contributed by atoms with van der Waals surface area (Å²) < 4.78 is 0. The second kappa shape index (κ2) is 8.90. The molecule has 2 aromatic rings. The fourth-order valence-electron chi connectivity index (χ4n) is 2.74. The molecule has 2 unspecified atom stereocenters. The van der Waals surface area contributed by atoms with Crippen LogP contribution in [0.15, 0.2) is 48.5 Å². The van der Waals surface area contributed by atoms with Gasteiger partial charge in [-0.25, -0.2) is 0 Å². The maximum Gasteiger partial charge on any atom is 0.0178 e. The van der Waals surface area contributed by atoms with Crippen LogP contribution in [0.3, 0.4) is 0 Å². The molecular weight excluding hydrogens is 318 g/mol. The van der Waals surface area contributed by atoms with Crippen LogP contribution in [0.5, 0.6) is 0 Å². The molecule has 0 bridgehead atoms. The average molecular weight is 346 g/mol. The minimum absolute atomic E-state index is 0.337. The predicted molar refractivity (Wildman–Crippen MR) is 108 cm³/mol. The minimum Gasteiger partial charge on any atom is -0.326 e. The van der Waals surface area contributed by atoms with Gasteiger partial charge in [0, 0.05) is 18.0 Å². The van der Waals surface area contributed by atoms with Gasteiger partial charge in [-0.2, -0.15) is 0 Å². The van der Waals surface area contributed by atoms with Gasteiger partial charge in [0.05, 0.1) is 0 Å². The second-order valence-corrected chi connectivity index (χ2v) is 10.5. The molecule has 4 N–H and O–H groups in total. The lowest BCUT2D eigenvalue weighted by Gasteiger charge is -2.30. The van der Waals surface area contributed by atoms with E-state index in [1.165, 1.54) is 34.6 Å². The Morgan fingerprint density at radius 3 is 1.48 bits per heavy atom. The number of hydrogen-bond donors (Lipinski definition) is 2. The fraction of sp³-hybridized carbons (Fsp3) is 0.368. The van der Waals surface area contributed by atoms with Crippen molar-refractivity contribution in [2.24, 2.45) is 11.5 Å². The summed E-state index contributed by atoms with van der Waals surface area (Å²) in [5.74, 6) is 0. The summed E-state index contributed by atoms with van der Waals surface area (Å²) >= 11 is 0. The van der Waals surface area contributed by atoms with Crippen molar-refractivity contribution in [1.29, 1.82) is 0 Å². The third-order valence-corrected chi connectivity index (χ3v) is 7.57. The standard InChI is InChI=1S/C19H28N2P2/c1-3-12-19(2,22-17-8-4-15(13-20)5-9-17)23-18-10-6-16(14-21)7-11-18/h4-11,22-23H,3,12-14,20-21H2,1-2H3. The molecule has 0 spiro atoms. The highest BCUT2D eigenvalue weighted by Crippen LogP contribution is 2.48. The zero-order valence-corrected chi connectivity index (χ0v) is 16.1. The maximum atomic E-state index is 5.70. The summed E-state index contributed by atoms with van der Waals surface area (Å²) in [6.45, 7) is 5.94. The van der Waals surface area contributed by atoms with Crippen molar-refractivity contribution in [3.63, 3.8) is 0 Å². The molecule has 0 aromatic heterocycles. The summed E-state index contributed by atoms with van der Waals surface area (Å²) in [5.41, 5.74) is 13.8. The van der Waals surface area contributed by atoms with Crippen molar-refractivity contribution >= 4 is 27.8 Å². The Morgan fingerprint density at radius 1 is 0.783 bits per heavy atom. The fourth-order valence-corrected chi connectivity index (χ4v) is 6.55. The SMILES string of the molecule is CCCC(C)(Pc1ccc(CN)cc1)Pc1ccc(CN)cc1. The zero-order valence-electron chi connectivity index (χ0n) is 14.1. The molecule has 4 heteroatoms. The van der Waals surface area contributed by atoms with Gasteiger partial charge in [0.15, 0.2) is 0 Å². The zero-order chi connectivity index (χ0) is 16.7. The monoisotopic (exact) mass is 346 g/mol. The van der Waals surface area contributed by atoms with Gasteiger partial charge < -0.3 is 11.5 Å². The molecule has 0 aliphatic carbocycles. The molecule has 124 valence electrons. The molecule has 0 amide bonds. The van der Waals surface area contributed by atoms with Gasteiger partial charge in [0.2, 0.25) is 0 Å². The first-order valence-electron chi connectivity index (χ1n) is 8.23. The van der Waals surface area contributed by atoms with Crippen LogP contribution in [0.4, 0.5) is 0 Å². The van der Waals surface area contributed by atoms with Gasteiger partial charge in [0.1, 0.15) is 0 Å². The van der Waals surface area contributed by atoms with Crippen LogP contribution in [0, 0.1) is 0 Å². The maximum absolute atomic E-state index is 5.70. The summed E-state index contributed by atoms with van der Waals surface area (Å²) in [6.07, 6.45) is 2.47. The van der Waals surface area contributed by atoms with Crippen molar-refractivity contribution in [1.82, 2.24) is 0 Å². The number of nitrogens with two attached hydrogens (primary N) is 2. The average Bonchev–Trinajstić information content (AvgIpc) is 2.56. The molecule has 0 aliphatic rings. The highest BCUT2D eigenvalue weighted by Gasteiger charge is 2.24. The molecule has 23 heavy (non-hydrogen) atoms. The third kappa shape index (κ3) is 5.66. The molecule has 2 nitrogen and oxygen atoms in total. The van der Waals surface area contributed by atoms with E-state index >= 15 is 0 Å². The van der Waals surface area contributed by atoms with E-state index in [1.54, 1.807) is 0 Å². The molecule has 2 rings (SSSR count). The third-order valence-electron chi connectivity index (χ3n) is 3.97. The van der Waals surface area contributed by atoms with E-state index in [9.17, 15) is 0 Å². The van der Waals surface area contributed by atoms with E-state index in [0.717, 1.165) is 17.2 Å². The number of rotatable bonds is 8. The first kappa shape index (κ1) is 18.6. The van der Waals surface area contributed by atoms with Crippen LogP contribution in [-0.4, -0.2) is 4.90 Å². The lowest BCUT2D eigenvalue weighted by Crippen LogP contribution is -2.19. The van der Waals surface area contributed by atoms with Gasteiger partial charge in [-0.3, -0.25) is 0 Å². The summed E-state index contributed by atoms with van der Waals surface area (Å²) in [7, 11) is 1.65. The molecule has 0 fully saturated rings. The van der Waals surface area contributed by atoms with E-state index in [-0.39, 0.29) is 0 Å². The van der Waals surface area contributed by atoms with Crippen molar-refractivity contribution in [3.05, 3.63) is 59.7 Å². The van der Waals surface area contributed by atoms with Crippen LogP contribution in [0.25, 0.3) is 0 Å². The van der Waals surface area contributed by atoms with Gasteiger partial charge in [-0.15, -0.1) is 0 Å². The quantitative estimate of drug-likeness (QED) is 0.720. The molecule has 2 atom stereocenters. The van der Waals surface area contributed by atoms with Gasteiger partial charge >= 0.3 is 0 Å². The lowest BCUT2D eigenvalue weighted by molar-refractivity contribution is 0.741. The molecule has 0 heterocycles. The highest BCUT2D eigenvalue weighted by molar-refractivity contribution is 7.67. The molecular formula is C19H28N2P2. The molecule has 0 saturated heterocycles. The van der Waals surface area contributed by atoms with Gasteiger partial charge in [-0.05, 0) is 28.2 Å². The Bertz CT molecular complexity index is 544. The van der Waals surface area contributed by atoms with Crippen LogP contribution >= 0.6 is 17.2 Å². The van der Waals surface area contributed by atoms with Crippen molar-refractivity contribution < 1.29 is 0 Å². The van der Waals surface area contributed by atoms with E-state index < -0.39 is 0 Å². The first-order valence-corrected chi connectivity index (χ1v) is 10.2. The first-order chi connectivity index (χ1) is 11.1. The summed E-state index contributed by atoms with van der Waals surface area (Å²) in [5, 5.41) is 2.87. The normalized spacial score (nSPS) is 14.8. The van der Waals surface area contributed by atoms with Crippen LogP contribution in [0.1, 0.15) is 37.8 Å². The second-order valence-electron chi connectivity index (χ2n) is 6.13. The van der Waals surface area contributed by atoms with E-state index in [2.05, 4.69) is 62.4 Å². The highest BCUT2D eigenvalue weighted by atomic mass is 31.1. The number of hydrogen-bond acceptors (Lipinski definition) is 2. The Hall–Kier alpha value is -0.780. The Labute approximate surface area is 144 Å². The Balaban J connectivity index is 2.12. The van der Waals surface area contributed by atoms with Crippen molar-refractivity contribution in [2.75, 3.05) is 0 Å². The summed E-state index contributed by atoms with van der Waals surface area (Å²) in [6, 6.07) is 17.6. The Kier molecular flexibility index (Phi) is 7.18. The van der Waals surface area contributed by atoms with Crippen molar-refractivity contribution in [2.45, 2.75) is 44.7 Å². The van der Waals surface area contributed by atoms with Gasteiger partial charge in [-0.1, -0.05) is 86.0 Å². The number of benzene rings is 2. The molecule has 0 saturated carbocycles. The predicted octanol–water partition coefficient (Wildman–Crippen LogP) is 3.43. The lowest BCUT2D eigenvalue weighted by atomic mass is 10.2. The van der Waals surface area contributed by atoms with E-state index in [1.807, 2.05) is 0 Å². The molecule has 0 aliphatic heterocycles. The smallest absolute Gasteiger partial charge is 0.0178 e. The van der Waals surface area contributed by atoms with E-state index in [4.69, 9.17) is 11.5 Å².